The molecule has 0 bridgehead atoms. The van der Waals surface area contributed by atoms with E-state index in [2.05, 4.69) is 5.32 Å². The monoisotopic (exact) mass is 261 g/mol. The van der Waals surface area contributed by atoms with Crippen LogP contribution in [0.25, 0.3) is 0 Å². The van der Waals surface area contributed by atoms with E-state index in [1.54, 1.807) is 6.07 Å². The van der Waals surface area contributed by atoms with Gasteiger partial charge in [0.25, 0.3) is 5.69 Å². The number of nitro groups is 1. The first kappa shape index (κ1) is 12.8. The predicted molar refractivity (Wildman–Crippen MR) is 65.6 cm³/mol. The summed E-state index contributed by atoms with van der Waals surface area (Å²) in [6.45, 7) is 0. The molecule has 2 rings (SSSR count). The number of nitro benzene ring substituents is 1. The van der Waals surface area contributed by atoms with Crippen molar-refractivity contribution in [3.8, 4) is 6.07 Å². The standard InChI is InChI=1S/C12H11N3O4/c13-6-8-5-9(3-4-10(8)15(18)19)14-11(12(16)17)7-1-2-7/h3-5,7,11,14H,1-2H2,(H,16,17). The topological polar surface area (TPSA) is 116 Å². The summed E-state index contributed by atoms with van der Waals surface area (Å²) in [5.41, 5.74) is 0.0303. The minimum Gasteiger partial charge on any atom is -0.480 e. The van der Waals surface area contributed by atoms with E-state index in [4.69, 9.17) is 10.4 Å². The Morgan fingerprint density at radius 1 is 1.58 bits per heavy atom. The molecule has 1 atom stereocenters. The molecule has 1 unspecified atom stereocenters. The van der Waals surface area contributed by atoms with Gasteiger partial charge < -0.3 is 10.4 Å². The molecular formula is C12H11N3O4. The van der Waals surface area contributed by atoms with Gasteiger partial charge in [0.2, 0.25) is 0 Å². The lowest BCUT2D eigenvalue weighted by atomic mass is 10.1. The average Bonchev–Trinajstić information content (AvgIpc) is 3.19. The molecule has 0 amide bonds. The van der Waals surface area contributed by atoms with E-state index in [9.17, 15) is 14.9 Å². The molecule has 0 aliphatic heterocycles. The van der Waals surface area contributed by atoms with Gasteiger partial charge in [0.15, 0.2) is 0 Å². The highest BCUT2D eigenvalue weighted by Gasteiger charge is 2.36. The molecule has 98 valence electrons. The summed E-state index contributed by atoms with van der Waals surface area (Å²) in [6, 6.07) is 4.94. The lowest BCUT2D eigenvalue weighted by Crippen LogP contribution is -2.31. The SMILES string of the molecule is N#Cc1cc(NC(C(=O)O)C2CC2)ccc1[N+](=O)[O-]. The maximum atomic E-state index is 11.1. The molecular weight excluding hydrogens is 250 g/mol. The average molecular weight is 261 g/mol. The first-order valence-corrected chi connectivity index (χ1v) is 5.71. The van der Waals surface area contributed by atoms with E-state index in [0.29, 0.717) is 5.69 Å². The van der Waals surface area contributed by atoms with Gasteiger partial charge in [-0.25, -0.2) is 4.79 Å². The summed E-state index contributed by atoms with van der Waals surface area (Å²) in [6.07, 6.45) is 1.70. The molecule has 2 N–H and O–H groups in total. The zero-order valence-corrected chi connectivity index (χ0v) is 9.87. The molecule has 1 fully saturated rings. The Hall–Kier alpha value is -2.62. The van der Waals surface area contributed by atoms with Crippen molar-refractivity contribution in [2.75, 3.05) is 5.32 Å². The fourth-order valence-corrected chi connectivity index (χ4v) is 1.86. The van der Waals surface area contributed by atoms with Gasteiger partial charge in [0.1, 0.15) is 17.7 Å². The van der Waals surface area contributed by atoms with Crippen molar-refractivity contribution >= 4 is 17.3 Å². The molecule has 1 saturated carbocycles. The summed E-state index contributed by atoms with van der Waals surface area (Å²) >= 11 is 0. The van der Waals surface area contributed by atoms with Gasteiger partial charge in [0, 0.05) is 11.8 Å². The van der Waals surface area contributed by atoms with Crippen molar-refractivity contribution < 1.29 is 14.8 Å². The summed E-state index contributed by atoms with van der Waals surface area (Å²) in [4.78, 5) is 21.1. The highest BCUT2D eigenvalue weighted by atomic mass is 16.6. The molecule has 0 radical (unpaired) electrons. The largest absolute Gasteiger partial charge is 0.480 e. The van der Waals surface area contributed by atoms with Crippen LogP contribution >= 0.6 is 0 Å². The van der Waals surface area contributed by atoms with Crippen LogP contribution in [-0.4, -0.2) is 22.0 Å². The van der Waals surface area contributed by atoms with Crippen LogP contribution in [0, 0.1) is 27.4 Å². The highest BCUT2D eigenvalue weighted by molar-refractivity contribution is 5.78. The summed E-state index contributed by atoms with van der Waals surface area (Å²) in [7, 11) is 0. The number of aliphatic carboxylic acids is 1. The summed E-state index contributed by atoms with van der Waals surface area (Å²) in [5, 5.41) is 31.4. The third-order valence-electron chi connectivity index (χ3n) is 3.00. The molecule has 7 nitrogen and oxygen atoms in total. The van der Waals surface area contributed by atoms with Crippen LogP contribution in [-0.2, 0) is 4.79 Å². The van der Waals surface area contributed by atoms with E-state index in [0.717, 1.165) is 12.8 Å². The van der Waals surface area contributed by atoms with E-state index < -0.39 is 16.9 Å². The van der Waals surface area contributed by atoms with Crippen molar-refractivity contribution in [1.29, 1.82) is 5.26 Å². The van der Waals surface area contributed by atoms with Crippen molar-refractivity contribution in [3.05, 3.63) is 33.9 Å². The predicted octanol–water partition coefficient (Wildman–Crippen LogP) is 1.74. The van der Waals surface area contributed by atoms with Crippen molar-refractivity contribution in [2.24, 2.45) is 5.92 Å². The van der Waals surface area contributed by atoms with Crippen LogP contribution in [0.4, 0.5) is 11.4 Å². The van der Waals surface area contributed by atoms with Gasteiger partial charge in [0.05, 0.1) is 4.92 Å². The van der Waals surface area contributed by atoms with Gasteiger partial charge in [-0.05, 0) is 30.9 Å². The second kappa shape index (κ2) is 4.94. The number of nitriles is 1. The number of anilines is 1. The van der Waals surface area contributed by atoms with E-state index in [1.807, 2.05) is 0 Å². The Balaban J connectivity index is 2.24. The van der Waals surface area contributed by atoms with Crippen LogP contribution in [0.1, 0.15) is 18.4 Å². The molecule has 0 spiro atoms. The fraction of sp³-hybridized carbons (Fsp3) is 0.333. The summed E-state index contributed by atoms with van der Waals surface area (Å²) < 4.78 is 0. The Kier molecular flexibility index (Phi) is 3.33. The number of carboxylic acid groups (broad SMARTS) is 1. The maximum absolute atomic E-state index is 11.1. The van der Waals surface area contributed by atoms with Gasteiger partial charge in [-0.3, -0.25) is 10.1 Å². The fourth-order valence-electron chi connectivity index (χ4n) is 1.86. The zero-order chi connectivity index (χ0) is 14.0. The second-order valence-corrected chi connectivity index (χ2v) is 4.40. The Bertz CT molecular complexity index is 575. The number of carbonyl (C=O) groups is 1. The van der Waals surface area contributed by atoms with Crippen molar-refractivity contribution in [3.63, 3.8) is 0 Å². The quantitative estimate of drug-likeness (QED) is 0.616. The van der Waals surface area contributed by atoms with E-state index in [-0.39, 0.29) is 17.2 Å². The van der Waals surface area contributed by atoms with Crippen LogP contribution in [0.3, 0.4) is 0 Å². The normalized spacial score (nSPS) is 15.3. The maximum Gasteiger partial charge on any atom is 0.326 e. The highest BCUT2D eigenvalue weighted by Crippen LogP contribution is 2.34. The first-order valence-electron chi connectivity index (χ1n) is 5.71. The lowest BCUT2D eigenvalue weighted by molar-refractivity contribution is -0.385. The number of nitrogens with zero attached hydrogens (tertiary/aromatic N) is 2. The molecule has 1 aliphatic rings. The number of benzene rings is 1. The van der Waals surface area contributed by atoms with Gasteiger partial charge in [-0.15, -0.1) is 0 Å². The van der Waals surface area contributed by atoms with Crippen molar-refractivity contribution in [1.82, 2.24) is 0 Å². The molecule has 1 aliphatic carbocycles. The van der Waals surface area contributed by atoms with E-state index in [1.165, 1.54) is 18.2 Å². The molecule has 0 heterocycles. The number of hydrogen-bond acceptors (Lipinski definition) is 5. The Morgan fingerprint density at radius 3 is 2.74 bits per heavy atom. The molecule has 0 aromatic heterocycles. The molecule has 19 heavy (non-hydrogen) atoms. The van der Waals surface area contributed by atoms with Crippen LogP contribution < -0.4 is 5.32 Å². The molecule has 1 aromatic rings. The number of nitrogens with one attached hydrogen (secondary N) is 1. The van der Waals surface area contributed by atoms with Crippen molar-refractivity contribution in [2.45, 2.75) is 18.9 Å². The second-order valence-electron chi connectivity index (χ2n) is 4.40. The molecule has 1 aromatic carbocycles. The number of rotatable bonds is 5. The van der Waals surface area contributed by atoms with Crippen LogP contribution in [0.5, 0.6) is 0 Å². The Morgan fingerprint density at radius 2 is 2.26 bits per heavy atom. The number of hydrogen-bond donors (Lipinski definition) is 2. The Labute approximate surface area is 108 Å². The lowest BCUT2D eigenvalue weighted by Gasteiger charge is -2.14. The van der Waals surface area contributed by atoms with Gasteiger partial charge >= 0.3 is 5.97 Å². The first-order chi connectivity index (χ1) is 9.02. The van der Waals surface area contributed by atoms with Crippen LogP contribution in [0.15, 0.2) is 18.2 Å². The smallest absolute Gasteiger partial charge is 0.326 e. The van der Waals surface area contributed by atoms with Gasteiger partial charge in [-0.2, -0.15) is 5.26 Å². The minimum absolute atomic E-state index is 0.0817. The molecule has 7 heteroatoms. The number of carboxylic acids is 1. The van der Waals surface area contributed by atoms with Gasteiger partial charge in [-0.1, -0.05) is 0 Å². The van der Waals surface area contributed by atoms with Crippen LogP contribution in [0.2, 0.25) is 0 Å². The molecule has 0 saturated heterocycles. The zero-order valence-electron chi connectivity index (χ0n) is 9.87. The third-order valence-corrected chi connectivity index (χ3v) is 3.00. The third kappa shape index (κ3) is 2.80. The minimum atomic E-state index is -0.959. The van der Waals surface area contributed by atoms with E-state index >= 15 is 0 Å². The summed E-state index contributed by atoms with van der Waals surface area (Å²) in [5.74, 6) is -0.877.